The minimum Gasteiger partial charge on any atom is -0.547 e. The summed E-state index contributed by atoms with van der Waals surface area (Å²) in [6, 6.07) is 0. The van der Waals surface area contributed by atoms with Crippen LogP contribution in [-0.2, 0) is 9.53 Å². The number of hydrogen-bond acceptors (Lipinski definition) is 10. The number of nitrogens with zero attached hydrogens (tertiary/aromatic N) is 3. The van der Waals surface area contributed by atoms with E-state index in [1.54, 1.807) is 0 Å². The van der Waals surface area contributed by atoms with Crippen molar-refractivity contribution in [1.29, 1.82) is 0 Å². The minimum atomic E-state index is -2.15. The Balaban J connectivity index is 0.00000208. The number of rotatable bonds is 3. The van der Waals surface area contributed by atoms with Crippen LogP contribution in [0.3, 0.4) is 0 Å². The van der Waals surface area contributed by atoms with Gasteiger partial charge in [-0.2, -0.15) is 4.98 Å². The van der Waals surface area contributed by atoms with Crippen LogP contribution in [0.2, 0.25) is 0 Å². The predicted octanol–water partition coefficient (Wildman–Crippen LogP) is -7.56. The van der Waals surface area contributed by atoms with Crippen LogP contribution in [0, 0.1) is 0 Å². The van der Waals surface area contributed by atoms with Crippen molar-refractivity contribution in [2.24, 2.45) is 0 Å². The third kappa shape index (κ3) is 2.93. The second kappa shape index (κ2) is 6.76. The molecule has 3 rings (SSSR count). The van der Waals surface area contributed by atoms with Gasteiger partial charge in [-0.25, -0.2) is 4.98 Å². The molecule has 5 atom stereocenters. The number of aromatic nitrogens is 4. The number of aliphatic hydroxyl groups is 3. The molecule has 1 aliphatic heterocycles. The molecule has 1 aliphatic rings. The van der Waals surface area contributed by atoms with Crippen molar-refractivity contribution >= 4 is 23.1 Å². The molecule has 13 heteroatoms. The summed E-state index contributed by atoms with van der Waals surface area (Å²) < 4.78 is 6.31. The standard InChI is InChI=1S/C11H13N5O7.Na/c12-11-14-7-2(8(20)15-11)13-1-16(7)9-4(18)3(17)6(23-9)5(19)10(21)22;/h1,3-6,9,17-19H,(H,21,22)(H3,12,14,15,20);/q;+1/p-1/t3-,4+,5?,6-,9+;/m0./s1. The molecule has 1 unspecified atom stereocenters. The number of carbonyl (C=O) groups is 1. The molecule has 2 aromatic heterocycles. The zero-order chi connectivity index (χ0) is 16.9. The fraction of sp³-hybridized carbons (Fsp3) is 0.455. The Bertz CT molecular complexity index is 823. The summed E-state index contributed by atoms with van der Waals surface area (Å²) in [5.41, 5.74) is 4.70. The smallest absolute Gasteiger partial charge is 0.547 e. The van der Waals surface area contributed by atoms with E-state index in [0.717, 1.165) is 10.9 Å². The van der Waals surface area contributed by atoms with Crippen molar-refractivity contribution in [1.82, 2.24) is 19.5 Å². The van der Waals surface area contributed by atoms with Gasteiger partial charge in [0.1, 0.15) is 24.4 Å². The minimum absolute atomic E-state index is 0. The first kappa shape index (κ1) is 18.8. The van der Waals surface area contributed by atoms with Gasteiger partial charge < -0.3 is 35.7 Å². The second-order valence-corrected chi connectivity index (χ2v) is 5.01. The Labute approximate surface area is 155 Å². The number of ether oxygens (including phenoxy) is 1. The summed E-state index contributed by atoms with van der Waals surface area (Å²) in [5, 5.41) is 40.1. The van der Waals surface area contributed by atoms with Gasteiger partial charge in [0, 0.05) is 0 Å². The Morgan fingerprint density at radius 3 is 2.75 bits per heavy atom. The summed E-state index contributed by atoms with van der Waals surface area (Å²) in [5.74, 6) is -2.07. The van der Waals surface area contributed by atoms with E-state index in [-0.39, 0.29) is 46.7 Å². The van der Waals surface area contributed by atoms with Gasteiger partial charge in [-0.3, -0.25) is 14.3 Å². The van der Waals surface area contributed by atoms with Gasteiger partial charge in [-0.1, -0.05) is 0 Å². The Kier molecular flexibility index (Phi) is 5.29. The number of hydrogen-bond donors (Lipinski definition) is 5. The van der Waals surface area contributed by atoms with Gasteiger partial charge in [0.05, 0.1) is 12.3 Å². The number of nitrogens with one attached hydrogen (secondary N) is 1. The van der Waals surface area contributed by atoms with Crippen LogP contribution < -0.4 is 46.0 Å². The summed E-state index contributed by atoms with van der Waals surface area (Å²) >= 11 is 0. The quantitative estimate of drug-likeness (QED) is 0.331. The van der Waals surface area contributed by atoms with Gasteiger partial charge in [-0.15, -0.1) is 0 Å². The van der Waals surface area contributed by atoms with Crippen molar-refractivity contribution in [2.75, 3.05) is 5.73 Å². The number of carboxylic acid groups (broad SMARTS) is 1. The number of anilines is 1. The van der Waals surface area contributed by atoms with Crippen molar-refractivity contribution in [2.45, 2.75) is 30.6 Å². The topological polar surface area (TPSA) is 200 Å². The number of aromatic amines is 1. The molecule has 0 saturated carbocycles. The fourth-order valence-corrected chi connectivity index (χ4v) is 2.44. The Morgan fingerprint density at radius 1 is 1.46 bits per heavy atom. The molecule has 3 heterocycles. The number of carbonyl (C=O) groups excluding carboxylic acids is 1. The summed E-state index contributed by atoms with van der Waals surface area (Å²) in [4.78, 5) is 32.3. The van der Waals surface area contributed by atoms with E-state index in [1.165, 1.54) is 0 Å². The molecule has 0 amide bonds. The molecule has 1 fully saturated rings. The SMILES string of the molecule is Nc1nc2c(ncn2[C@@H]2O[C@H](C(O)C(=O)[O-])[C@@H](O)[C@H]2O)c(=O)[nH]1.[Na+]. The van der Waals surface area contributed by atoms with Crippen molar-refractivity contribution in [3.63, 3.8) is 0 Å². The molecule has 2 aromatic rings. The second-order valence-electron chi connectivity index (χ2n) is 5.01. The molecule has 124 valence electrons. The fourth-order valence-electron chi connectivity index (χ4n) is 2.44. The third-order valence-corrected chi connectivity index (χ3v) is 3.55. The molecule has 0 radical (unpaired) electrons. The number of fused-ring (bicyclic) bond motifs is 1. The van der Waals surface area contributed by atoms with Crippen LogP contribution in [0.15, 0.2) is 11.1 Å². The average Bonchev–Trinajstić information content (AvgIpc) is 3.01. The van der Waals surface area contributed by atoms with Crippen molar-refractivity contribution in [3.05, 3.63) is 16.7 Å². The van der Waals surface area contributed by atoms with Gasteiger partial charge in [0.25, 0.3) is 5.56 Å². The zero-order valence-corrected chi connectivity index (χ0v) is 14.4. The van der Waals surface area contributed by atoms with Gasteiger partial charge in [0.2, 0.25) is 5.95 Å². The maximum absolute atomic E-state index is 11.7. The normalized spacial score (nSPS) is 27.8. The van der Waals surface area contributed by atoms with Crippen LogP contribution in [0.25, 0.3) is 11.2 Å². The zero-order valence-electron chi connectivity index (χ0n) is 12.4. The van der Waals surface area contributed by atoms with Crippen LogP contribution >= 0.6 is 0 Å². The first-order chi connectivity index (χ1) is 10.8. The number of H-pyrrole nitrogens is 1. The van der Waals surface area contributed by atoms with Gasteiger partial charge >= 0.3 is 29.6 Å². The Hall–Kier alpha value is -1.54. The first-order valence-electron chi connectivity index (χ1n) is 6.44. The number of imidazole rings is 1. The van der Waals surface area contributed by atoms with E-state index < -0.39 is 42.2 Å². The molecular formula is C11H12N5NaO7. The van der Waals surface area contributed by atoms with Crippen LogP contribution in [0.1, 0.15) is 6.23 Å². The van der Waals surface area contributed by atoms with Crippen LogP contribution in [-0.4, -0.2) is 65.2 Å². The molecule has 0 bridgehead atoms. The molecule has 12 nitrogen and oxygen atoms in total. The van der Waals surface area contributed by atoms with E-state index in [9.17, 15) is 30.0 Å². The molecule has 0 aliphatic carbocycles. The average molecular weight is 349 g/mol. The van der Waals surface area contributed by atoms with Crippen molar-refractivity contribution < 1.29 is 59.5 Å². The molecule has 1 saturated heterocycles. The molecular weight excluding hydrogens is 337 g/mol. The molecule has 24 heavy (non-hydrogen) atoms. The van der Waals surface area contributed by atoms with Gasteiger partial charge in [-0.05, 0) is 0 Å². The summed E-state index contributed by atoms with van der Waals surface area (Å²) in [6.45, 7) is 0. The summed E-state index contributed by atoms with van der Waals surface area (Å²) in [6.07, 6.45) is -7.31. The Morgan fingerprint density at radius 2 is 2.12 bits per heavy atom. The van der Waals surface area contributed by atoms with E-state index >= 15 is 0 Å². The maximum atomic E-state index is 11.7. The number of carboxylic acids is 1. The summed E-state index contributed by atoms with van der Waals surface area (Å²) in [7, 11) is 0. The number of nitrogens with two attached hydrogens (primary N) is 1. The van der Waals surface area contributed by atoms with Crippen LogP contribution in [0.5, 0.6) is 0 Å². The molecule has 0 aromatic carbocycles. The monoisotopic (exact) mass is 349 g/mol. The predicted molar refractivity (Wildman–Crippen MR) is 69.5 cm³/mol. The van der Waals surface area contributed by atoms with E-state index in [2.05, 4.69) is 15.0 Å². The maximum Gasteiger partial charge on any atom is 1.00 e. The van der Waals surface area contributed by atoms with Crippen LogP contribution in [0.4, 0.5) is 5.95 Å². The van der Waals surface area contributed by atoms with E-state index in [4.69, 9.17) is 10.5 Å². The molecule has 6 N–H and O–H groups in total. The number of aliphatic hydroxyl groups excluding tert-OH is 3. The third-order valence-electron chi connectivity index (χ3n) is 3.55. The molecule has 0 spiro atoms. The van der Waals surface area contributed by atoms with E-state index in [1.807, 2.05) is 0 Å². The first-order valence-corrected chi connectivity index (χ1v) is 6.44. The van der Waals surface area contributed by atoms with E-state index in [0.29, 0.717) is 0 Å². The number of nitrogen functional groups attached to an aromatic ring is 1. The van der Waals surface area contributed by atoms with Gasteiger partial charge in [0.15, 0.2) is 17.4 Å². The number of aliphatic carboxylic acids is 1. The largest absolute Gasteiger partial charge is 1.00 e. The van der Waals surface area contributed by atoms with Crippen molar-refractivity contribution in [3.8, 4) is 0 Å².